The number of hydrogen-bond donors (Lipinski definition) is 2. The molecule has 1 aromatic heterocycles. The van der Waals surface area contributed by atoms with Crippen LogP contribution in [0.1, 0.15) is 49.9 Å². The zero-order valence-electron chi connectivity index (χ0n) is 12.7. The molecular formula is C15H23ClN4O. The van der Waals surface area contributed by atoms with Crippen LogP contribution in [0, 0.1) is 5.41 Å². The van der Waals surface area contributed by atoms with Gasteiger partial charge in [-0.3, -0.25) is 4.79 Å². The molecule has 1 saturated heterocycles. The number of nitrogens with zero attached hydrogens (tertiary/aromatic N) is 2. The van der Waals surface area contributed by atoms with Crippen LogP contribution in [0.3, 0.4) is 0 Å². The zero-order valence-corrected chi connectivity index (χ0v) is 13.4. The molecule has 0 spiro atoms. The molecule has 0 aromatic carbocycles. The van der Waals surface area contributed by atoms with Crippen LogP contribution in [-0.4, -0.2) is 28.9 Å². The highest BCUT2D eigenvalue weighted by Crippen LogP contribution is 2.38. The first kappa shape index (κ1) is 16.0. The van der Waals surface area contributed by atoms with Crippen molar-refractivity contribution in [3.63, 3.8) is 0 Å². The maximum Gasteiger partial charge on any atom is 0.254 e. The Balaban J connectivity index is 2.10. The number of nitrogen functional groups attached to an aromatic ring is 1. The van der Waals surface area contributed by atoms with Crippen LogP contribution in [0.5, 0.6) is 0 Å². The van der Waals surface area contributed by atoms with E-state index in [2.05, 4.69) is 24.3 Å². The Labute approximate surface area is 130 Å². The second-order valence-corrected chi connectivity index (χ2v) is 6.09. The van der Waals surface area contributed by atoms with Gasteiger partial charge in [0.15, 0.2) is 0 Å². The van der Waals surface area contributed by atoms with Crippen LogP contribution in [0.15, 0.2) is 12.1 Å². The van der Waals surface area contributed by atoms with Gasteiger partial charge in [0.25, 0.3) is 5.91 Å². The van der Waals surface area contributed by atoms with Gasteiger partial charge >= 0.3 is 0 Å². The SMILES string of the molecule is CCC1(CC)CCN(C(=O)c2cc(Cl)nc(NN)c2)CC1. The average molecular weight is 311 g/mol. The van der Waals surface area contributed by atoms with Crippen molar-refractivity contribution in [3.8, 4) is 0 Å². The van der Waals surface area contributed by atoms with Crippen LogP contribution in [0.4, 0.5) is 5.82 Å². The molecule has 1 aromatic rings. The van der Waals surface area contributed by atoms with E-state index in [1.807, 2.05) is 4.90 Å². The molecule has 3 N–H and O–H groups in total. The van der Waals surface area contributed by atoms with E-state index in [1.54, 1.807) is 12.1 Å². The van der Waals surface area contributed by atoms with E-state index in [1.165, 1.54) is 12.8 Å². The third-order valence-corrected chi connectivity index (χ3v) is 4.99. The summed E-state index contributed by atoms with van der Waals surface area (Å²) in [6.45, 7) is 6.07. The third-order valence-electron chi connectivity index (χ3n) is 4.80. The number of rotatable bonds is 4. The molecule has 0 radical (unpaired) electrons. The van der Waals surface area contributed by atoms with Crippen molar-refractivity contribution in [1.29, 1.82) is 0 Å². The summed E-state index contributed by atoms with van der Waals surface area (Å²) in [4.78, 5) is 18.5. The molecule has 5 nitrogen and oxygen atoms in total. The van der Waals surface area contributed by atoms with Crippen molar-refractivity contribution >= 4 is 23.3 Å². The van der Waals surface area contributed by atoms with Crippen molar-refractivity contribution in [3.05, 3.63) is 22.8 Å². The van der Waals surface area contributed by atoms with Gasteiger partial charge < -0.3 is 10.3 Å². The first-order valence-electron chi connectivity index (χ1n) is 7.47. The fourth-order valence-electron chi connectivity index (χ4n) is 3.02. The molecule has 1 aliphatic rings. The fraction of sp³-hybridized carbons (Fsp3) is 0.600. The number of likely N-dealkylation sites (tertiary alicyclic amines) is 1. The molecule has 1 amide bonds. The van der Waals surface area contributed by atoms with Gasteiger partial charge in [-0.2, -0.15) is 0 Å². The predicted octanol–water partition coefficient (Wildman–Crippen LogP) is 3.06. The summed E-state index contributed by atoms with van der Waals surface area (Å²) in [6, 6.07) is 3.22. The minimum atomic E-state index is -0.00314. The lowest BCUT2D eigenvalue weighted by atomic mass is 9.74. The molecule has 116 valence electrons. The standard InChI is InChI=1S/C15H23ClN4O/c1-3-15(4-2)5-7-20(8-6-15)14(21)11-9-12(16)18-13(10-11)19-17/h9-10H,3-8,17H2,1-2H3,(H,18,19). The van der Waals surface area contributed by atoms with E-state index in [9.17, 15) is 4.79 Å². The van der Waals surface area contributed by atoms with Gasteiger partial charge in [0, 0.05) is 18.7 Å². The second-order valence-electron chi connectivity index (χ2n) is 5.71. The van der Waals surface area contributed by atoms with E-state index in [4.69, 9.17) is 17.4 Å². The number of pyridine rings is 1. The Kier molecular flexibility index (Phi) is 5.06. The second kappa shape index (κ2) is 6.62. The van der Waals surface area contributed by atoms with Crippen LogP contribution in [0.2, 0.25) is 5.15 Å². The maximum atomic E-state index is 12.6. The first-order valence-corrected chi connectivity index (χ1v) is 7.85. The summed E-state index contributed by atoms with van der Waals surface area (Å²) in [6.07, 6.45) is 4.47. The fourth-order valence-corrected chi connectivity index (χ4v) is 3.23. The number of halogens is 1. The molecule has 1 fully saturated rings. The molecule has 0 saturated carbocycles. The number of hydrazine groups is 1. The number of carbonyl (C=O) groups is 1. The monoisotopic (exact) mass is 310 g/mol. The minimum absolute atomic E-state index is 0.00314. The molecule has 2 heterocycles. The largest absolute Gasteiger partial charge is 0.339 e. The van der Waals surface area contributed by atoms with E-state index in [-0.39, 0.29) is 11.1 Å². The van der Waals surface area contributed by atoms with E-state index < -0.39 is 0 Å². The van der Waals surface area contributed by atoms with Gasteiger partial charge in [-0.15, -0.1) is 0 Å². The summed E-state index contributed by atoms with van der Waals surface area (Å²) in [5.41, 5.74) is 3.36. The first-order chi connectivity index (χ1) is 10.0. The van der Waals surface area contributed by atoms with Crippen LogP contribution in [-0.2, 0) is 0 Å². The minimum Gasteiger partial charge on any atom is -0.339 e. The van der Waals surface area contributed by atoms with Gasteiger partial charge in [-0.1, -0.05) is 38.3 Å². The molecule has 1 aliphatic heterocycles. The molecule has 0 unspecified atom stereocenters. The molecule has 2 rings (SSSR count). The Morgan fingerprint density at radius 2 is 2.00 bits per heavy atom. The summed E-state index contributed by atoms with van der Waals surface area (Å²) in [5, 5.41) is 0.266. The Morgan fingerprint density at radius 3 is 2.52 bits per heavy atom. The van der Waals surface area contributed by atoms with Crippen molar-refractivity contribution in [2.75, 3.05) is 18.5 Å². The summed E-state index contributed by atoms with van der Waals surface area (Å²) in [5.74, 6) is 5.74. The van der Waals surface area contributed by atoms with Gasteiger partial charge in [-0.05, 0) is 30.4 Å². The molecule has 0 bridgehead atoms. The van der Waals surface area contributed by atoms with Crippen molar-refractivity contribution in [1.82, 2.24) is 9.88 Å². The topological polar surface area (TPSA) is 71.2 Å². The number of piperidine rings is 1. The normalized spacial score (nSPS) is 17.6. The number of amides is 1. The highest BCUT2D eigenvalue weighted by atomic mass is 35.5. The van der Waals surface area contributed by atoms with Gasteiger partial charge in [-0.25, -0.2) is 10.8 Å². The molecule has 21 heavy (non-hydrogen) atoms. The highest BCUT2D eigenvalue weighted by molar-refractivity contribution is 6.29. The van der Waals surface area contributed by atoms with E-state index in [0.717, 1.165) is 25.9 Å². The van der Waals surface area contributed by atoms with Crippen molar-refractivity contribution in [2.45, 2.75) is 39.5 Å². The predicted molar refractivity (Wildman–Crippen MR) is 85.2 cm³/mol. The smallest absolute Gasteiger partial charge is 0.254 e. The van der Waals surface area contributed by atoms with Crippen LogP contribution in [0.25, 0.3) is 0 Å². The van der Waals surface area contributed by atoms with E-state index >= 15 is 0 Å². The number of carbonyl (C=O) groups excluding carboxylic acids is 1. The Hall–Kier alpha value is -1.33. The summed E-state index contributed by atoms with van der Waals surface area (Å²) >= 11 is 5.92. The molecular weight excluding hydrogens is 288 g/mol. The lowest BCUT2D eigenvalue weighted by molar-refractivity contribution is 0.0557. The number of nitrogens with one attached hydrogen (secondary N) is 1. The van der Waals surface area contributed by atoms with Gasteiger partial charge in [0.2, 0.25) is 0 Å². The summed E-state index contributed by atoms with van der Waals surface area (Å²) < 4.78 is 0. The van der Waals surface area contributed by atoms with Crippen LogP contribution < -0.4 is 11.3 Å². The lowest BCUT2D eigenvalue weighted by Gasteiger charge is -2.41. The average Bonchev–Trinajstić information content (AvgIpc) is 2.53. The number of anilines is 1. The van der Waals surface area contributed by atoms with Crippen molar-refractivity contribution in [2.24, 2.45) is 11.3 Å². The van der Waals surface area contributed by atoms with Gasteiger partial charge in [0.1, 0.15) is 11.0 Å². The number of nitrogens with two attached hydrogens (primary N) is 1. The Morgan fingerprint density at radius 1 is 1.38 bits per heavy atom. The molecule has 0 atom stereocenters. The molecule has 6 heteroatoms. The molecule has 0 aliphatic carbocycles. The highest BCUT2D eigenvalue weighted by Gasteiger charge is 2.33. The van der Waals surface area contributed by atoms with Gasteiger partial charge in [0.05, 0.1) is 0 Å². The Bertz CT molecular complexity index is 506. The number of hydrogen-bond acceptors (Lipinski definition) is 4. The van der Waals surface area contributed by atoms with E-state index in [0.29, 0.717) is 16.8 Å². The summed E-state index contributed by atoms with van der Waals surface area (Å²) in [7, 11) is 0. The van der Waals surface area contributed by atoms with Crippen LogP contribution >= 0.6 is 11.6 Å². The third kappa shape index (κ3) is 3.47. The van der Waals surface area contributed by atoms with Crippen molar-refractivity contribution < 1.29 is 4.79 Å². The maximum absolute atomic E-state index is 12.6. The number of aromatic nitrogens is 1. The quantitative estimate of drug-likeness (QED) is 0.509. The lowest BCUT2D eigenvalue weighted by Crippen LogP contribution is -2.42. The zero-order chi connectivity index (χ0) is 15.5.